The summed E-state index contributed by atoms with van der Waals surface area (Å²) in [6, 6.07) is 8.87. The van der Waals surface area contributed by atoms with E-state index < -0.39 is 0 Å². The zero-order valence-electron chi connectivity index (χ0n) is 13.8. The van der Waals surface area contributed by atoms with Gasteiger partial charge in [0.1, 0.15) is 0 Å². The number of hydrogen-bond donors (Lipinski definition) is 2. The van der Waals surface area contributed by atoms with Crippen molar-refractivity contribution in [3.05, 3.63) is 35.4 Å². The van der Waals surface area contributed by atoms with E-state index in [1.165, 1.54) is 11.1 Å². The van der Waals surface area contributed by atoms with Crippen LogP contribution >= 0.6 is 24.0 Å². The number of nitrogens with zero attached hydrogens (tertiary/aromatic N) is 2. The van der Waals surface area contributed by atoms with Crippen molar-refractivity contribution in [2.75, 3.05) is 20.6 Å². The molecule has 0 radical (unpaired) electrons. The van der Waals surface area contributed by atoms with Crippen LogP contribution in [0.25, 0.3) is 0 Å². The molecular formula is C16H29IN4. The maximum atomic E-state index is 4.67. The molecule has 0 aromatic heterocycles. The van der Waals surface area contributed by atoms with Crippen LogP contribution in [0.3, 0.4) is 0 Å². The minimum atomic E-state index is 0. The Morgan fingerprint density at radius 1 is 1.19 bits per heavy atom. The molecule has 0 spiro atoms. The average molecular weight is 404 g/mol. The van der Waals surface area contributed by atoms with Crippen molar-refractivity contribution in [1.29, 1.82) is 0 Å². The second kappa shape index (κ2) is 10.8. The topological polar surface area (TPSA) is 39.7 Å². The number of guanidine groups is 1. The van der Waals surface area contributed by atoms with Crippen LogP contribution in [0.4, 0.5) is 0 Å². The fourth-order valence-electron chi connectivity index (χ4n) is 1.96. The third kappa shape index (κ3) is 8.26. The van der Waals surface area contributed by atoms with Crippen LogP contribution in [0, 0.1) is 0 Å². The number of halogens is 1. The summed E-state index contributed by atoms with van der Waals surface area (Å²) < 4.78 is 0. The number of rotatable bonds is 6. The Bertz CT molecular complexity index is 430. The summed E-state index contributed by atoms with van der Waals surface area (Å²) in [5.74, 6) is 0.877. The Morgan fingerprint density at radius 2 is 1.81 bits per heavy atom. The first-order valence-electron chi connectivity index (χ1n) is 7.29. The van der Waals surface area contributed by atoms with E-state index in [-0.39, 0.29) is 24.0 Å². The Morgan fingerprint density at radius 3 is 2.33 bits per heavy atom. The average Bonchev–Trinajstić information content (AvgIpc) is 2.36. The summed E-state index contributed by atoms with van der Waals surface area (Å²) in [6.07, 6.45) is 0. The minimum Gasteiger partial charge on any atom is -0.357 e. The van der Waals surface area contributed by atoms with E-state index in [4.69, 9.17) is 0 Å². The van der Waals surface area contributed by atoms with E-state index >= 15 is 0 Å². The van der Waals surface area contributed by atoms with Gasteiger partial charge in [0, 0.05) is 19.1 Å². The van der Waals surface area contributed by atoms with Gasteiger partial charge in [0.05, 0.1) is 6.54 Å². The number of nitrogens with one attached hydrogen (secondary N) is 2. The van der Waals surface area contributed by atoms with Gasteiger partial charge < -0.3 is 15.5 Å². The molecule has 0 aliphatic rings. The lowest BCUT2D eigenvalue weighted by molar-refractivity contribution is 0.401. The van der Waals surface area contributed by atoms with Gasteiger partial charge in [-0.15, -0.1) is 24.0 Å². The molecule has 0 unspecified atom stereocenters. The van der Waals surface area contributed by atoms with Crippen LogP contribution in [-0.2, 0) is 13.1 Å². The summed E-state index contributed by atoms with van der Waals surface area (Å²) in [5, 5.41) is 6.61. The van der Waals surface area contributed by atoms with Crippen molar-refractivity contribution in [2.45, 2.75) is 39.9 Å². The lowest BCUT2D eigenvalue weighted by Crippen LogP contribution is -2.41. The lowest BCUT2D eigenvalue weighted by Gasteiger charge is -2.16. The molecule has 0 saturated carbocycles. The number of aliphatic imine (C=N–C) groups is 1. The number of hydrogen-bond acceptors (Lipinski definition) is 2. The largest absolute Gasteiger partial charge is 0.357 e. The monoisotopic (exact) mass is 404 g/mol. The molecule has 21 heavy (non-hydrogen) atoms. The molecule has 0 atom stereocenters. The van der Waals surface area contributed by atoms with Crippen molar-refractivity contribution >= 4 is 29.9 Å². The van der Waals surface area contributed by atoms with Gasteiger partial charge in [-0.3, -0.25) is 0 Å². The molecule has 0 amide bonds. The molecule has 0 heterocycles. The zero-order chi connectivity index (χ0) is 15.0. The molecule has 0 fully saturated rings. The van der Waals surface area contributed by atoms with E-state index in [1.54, 1.807) is 0 Å². The molecule has 0 bridgehead atoms. The van der Waals surface area contributed by atoms with Crippen LogP contribution in [0.15, 0.2) is 29.3 Å². The van der Waals surface area contributed by atoms with Crippen molar-refractivity contribution in [3.63, 3.8) is 0 Å². The standard InChI is InChI=1S/C16H28N4.HI/c1-6-17-16(19-13(2)3)18-11-14-9-7-8-10-15(14)12-20(4)5;/h7-10,13H,6,11-12H2,1-5H3,(H2,17,18,19);1H. The number of benzene rings is 1. The summed E-state index contributed by atoms with van der Waals surface area (Å²) in [5.41, 5.74) is 2.61. The van der Waals surface area contributed by atoms with E-state index in [2.05, 4.69) is 79.7 Å². The molecule has 0 aliphatic heterocycles. The first-order chi connectivity index (χ1) is 9.52. The minimum absolute atomic E-state index is 0. The van der Waals surface area contributed by atoms with E-state index in [0.717, 1.165) is 19.0 Å². The SMILES string of the molecule is CCNC(=NCc1ccccc1CN(C)C)NC(C)C.I. The maximum Gasteiger partial charge on any atom is 0.191 e. The summed E-state index contributed by atoms with van der Waals surface area (Å²) in [6.45, 7) is 8.83. The van der Waals surface area contributed by atoms with E-state index in [1.807, 2.05) is 0 Å². The summed E-state index contributed by atoms with van der Waals surface area (Å²) in [7, 11) is 4.18. The van der Waals surface area contributed by atoms with Crippen molar-refractivity contribution in [1.82, 2.24) is 15.5 Å². The fourth-order valence-corrected chi connectivity index (χ4v) is 1.96. The Labute approximate surface area is 146 Å². The van der Waals surface area contributed by atoms with Crippen LogP contribution in [0.2, 0.25) is 0 Å². The smallest absolute Gasteiger partial charge is 0.191 e. The van der Waals surface area contributed by atoms with Crippen LogP contribution in [-0.4, -0.2) is 37.5 Å². The molecule has 2 N–H and O–H groups in total. The normalized spacial score (nSPS) is 11.5. The fraction of sp³-hybridized carbons (Fsp3) is 0.562. The van der Waals surface area contributed by atoms with Crippen molar-refractivity contribution in [3.8, 4) is 0 Å². The quantitative estimate of drug-likeness (QED) is 0.435. The predicted octanol–water partition coefficient (Wildman–Crippen LogP) is 2.83. The van der Waals surface area contributed by atoms with E-state index in [9.17, 15) is 0 Å². The van der Waals surface area contributed by atoms with Crippen LogP contribution in [0.1, 0.15) is 31.9 Å². The third-order valence-electron chi connectivity index (χ3n) is 2.78. The third-order valence-corrected chi connectivity index (χ3v) is 2.78. The molecule has 0 saturated heterocycles. The van der Waals surface area contributed by atoms with Gasteiger partial charge in [-0.25, -0.2) is 4.99 Å². The summed E-state index contributed by atoms with van der Waals surface area (Å²) in [4.78, 5) is 6.85. The van der Waals surface area contributed by atoms with Gasteiger partial charge in [-0.1, -0.05) is 24.3 Å². The highest BCUT2D eigenvalue weighted by atomic mass is 127. The van der Waals surface area contributed by atoms with Gasteiger partial charge in [0.15, 0.2) is 5.96 Å². The van der Waals surface area contributed by atoms with Crippen molar-refractivity contribution in [2.24, 2.45) is 4.99 Å². The predicted molar refractivity (Wildman–Crippen MR) is 102 cm³/mol. The highest BCUT2D eigenvalue weighted by molar-refractivity contribution is 14.0. The molecule has 1 aromatic carbocycles. The van der Waals surface area contributed by atoms with Gasteiger partial charge in [-0.2, -0.15) is 0 Å². The Kier molecular flexibility index (Phi) is 10.4. The lowest BCUT2D eigenvalue weighted by atomic mass is 10.1. The molecule has 1 aromatic rings. The highest BCUT2D eigenvalue weighted by Gasteiger charge is 2.04. The van der Waals surface area contributed by atoms with Gasteiger partial charge in [-0.05, 0) is 46.0 Å². The zero-order valence-corrected chi connectivity index (χ0v) is 16.1. The first-order valence-corrected chi connectivity index (χ1v) is 7.29. The second-order valence-electron chi connectivity index (χ2n) is 5.50. The molecule has 5 heteroatoms. The molecule has 120 valence electrons. The molecule has 1 rings (SSSR count). The molecule has 4 nitrogen and oxygen atoms in total. The summed E-state index contributed by atoms with van der Waals surface area (Å²) >= 11 is 0. The van der Waals surface area contributed by atoms with Crippen LogP contribution in [0.5, 0.6) is 0 Å². The van der Waals surface area contributed by atoms with Crippen molar-refractivity contribution < 1.29 is 0 Å². The first kappa shape index (κ1) is 20.2. The van der Waals surface area contributed by atoms with Gasteiger partial charge >= 0.3 is 0 Å². The molecular weight excluding hydrogens is 375 g/mol. The highest BCUT2D eigenvalue weighted by Crippen LogP contribution is 2.11. The van der Waals surface area contributed by atoms with E-state index in [0.29, 0.717) is 12.6 Å². The van der Waals surface area contributed by atoms with Gasteiger partial charge in [0.25, 0.3) is 0 Å². The Balaban J connectivity index is 0.00000400. The second-order valence-corrected chi connectivity index (χ2v) is 5.50. The maximum absolute atomic E-state index is 4.67. The Hall–Kier alpha value is -0.820. The van der Waals surface area contributed by atoms with Crippen LogP contribution < -0.4 is 10.6 Å². The van der Waals surface area contributed by atoms with Gasteiger partial charge in [0.2, 0.25) is 0 Å². The molecule has 0 aliphatic carbocycles.